The van der Waals surface area contributed by atoms with Crippen LogP contribution in [0, 0.1) is 20.8 Å². The van der Waals surface area contributed by atoms with Crippen LogP contribution in [0.1, 0.15) is 16.4 Å². The Morgan fingerprint density at radius 1 is 1.00 bits per heavy atom. The van der Waals surface area contributed by atoms with E-state index in [1.807, 2.05) is 0 Å². The van der Waals surface area contributed by atoms with Crippen LogP contribution in [0.4, 0.5) is 0 Å². The minimum Gasteiger partial charge on any atom is -1.00 e. The number of benzene rings is 1. The first-order valence-electron chi connectivity index (χ1n) is 6.51. The van der Waals surface area contributed by atoms with Gasteiger partial charge in [0.05, 0.1) is 0 Å². The second-order valence-electron chi connectivity index (χ2n) is 5.13. The van der Waals surface area contributed by atoms with Crippen molar-refractivity contribution in [2.24, 2.45) is 0 Å². The van der Waals surface area contributed by atoms with Crippen LogP contribution >= 0.6 is 8.19 Å². The van der Waals surface area contributed by atoms with Crippen molar-refractivity contribution in [1.29, 1.82) is 0 Å². The fourth-order valence-corrected chi connectivity index (χ4v) is 9.29. The van der Waals surface area contributed by atoms with Gasteiger partial charge in [0.25, 0.3) is 0 Å². The van der Waals surface area contributed by atoms with Crippen LogP contribution < -0.4 is 38.3 Å². The zero-order valence-electron chi connectivity index (χ0n) is 12.3. The van der Waals surface area contributed by atoms with Crippen LogP contribution in [0.2, 0.25) is 0 Å². The summed E-state index contributed by atoms with van der Waals surface area (Å²) in [7, 11) is 0.947. The standard InChI is InChI=1S/C10H7.C7H10P.2ClH.Zr/c1-8-6-9-4-2-3-5-10(9)7-8;1-5-4-8-7(3)6(5)2;;;/h2-6H,1H2;8H,1-3H3;2*1H;/q;;;;+2/p-2. The van der Waals surface area contributed by atoms with Gasteiger partial charge in [0.1, 0.15) is 0 Å². The molecule has 1 aromatic carbocycles. The van der Waals surface area contributed by atoms with Gasteiger partial charge >= 0.3 is 128 Å². The molecule has 1 heterocycles. The second kappa shape index (κ2) is 7.47. The van der Waals surface area contributed by atoms with Crippen LogP contribution in [-0.2, 0) is 23.2 Å². The summed E-state index contributed by atoms with van der Waals surface area (Å²) in [5.41, 5.74) is 4.38. The molecule has 108 valence electrons. The van der Waals surface area contributed by atoms with Crippen molar-refractivity contribution in [3.05, 3.63) is 63.3 Å². The van der Waals surface area contributed by atoms with Crippen molar-refractivity contribution in [3.63, 3.8) is 0 Å². The molecule has 0 spiro atoms. The third-order valence-corrected chi connectivity index (χ3v) is 10.6. The Morgan fingerprint density at radius 3 is 2.29 bits per heavy atom. The molecule has 0 fully saturated rings. The third kappa shape index (κ3) is 3.48. The maximum absolute atomic E-state index is 4.27. The Labute approximate surface area is 151 Å². The average Bonchev–Trinajstić information content (AvgIpc) is 2.83. The number of hydrogen-bond donors (Lipinski definition) is 0. The van der Waals surface area contributed by atoms with Gasteiger partial charge in [0, 0.05) is 0 Å². The zero-order chi connectivity index (χ0) is 13.6. The molecule has 0 nitrogen and oxygen atoms in total. The Balaban J connectivity index is 0.00000110. The molecule has 1 aliphatic rings. The largest absolute Gasteiger partial charge is 1.00 e. The van der Waals surface area contributed by atoms with Crippen molar-refractivity contribution in [2.75, 3.05) is 0 Å². The van der Waals surface area contributed by atoms with Gasteiger partial charge in [-0.15, -0.1) is 0 Å². The smallest absolute Gasteiger partial charge is 1.00 e. The maximum Gasteiger partial charge on any atom is -1.00 e. The minimum absolute atomic E-state index is 0. The van der Waals surface area contributed by atoms with E-state index in [2.05, 4.69) is 57.7 Å². The molecular weight excluding hydrogens is 397 g/mol. The van der Waals surface area contributed by atoms with E-state index in [-0.39, 0.29) is 24.8 Å². The van der Waals surface area contributed by atoms with E-state index >= 15 is 0 Å². The van der Waals surface area contributed by atoms with E-state index in [1.54, 1.807) is 17.1 Å². The van der Waals surface area contributed by atoms with Crippen molar-refractivity contribution >= 4 is 20.6 Å². The fourth-order valence-electron chi connectivity index (χ4n) is 2.52. The monoisotopic (exact) mass is 412 g/mol. The molecule has 0 bridgehead atoms. The predicted octanol–water partition coefficient (Wildman–Crippen LogP) is -3.48. The van der Waals surface area contributed by atoms with Crippen molar-refractivity contribution in [2.45, 2.75) is 20.8 Å². The number of allylic oxidation sites excluding steroid dienone is 1. The summed E-state index contributed by atoms with van der Waals surface area (Å²) in [5.74, 6) is 0. The van der Waals surface area contributed by atoms with Gasteiger partial charge in [-0.1, -0.05) is 0 Å². The van der Waals surface area contributed by atoms with Crippen LogP contribution in [-0.4, -0.2) is 0 Å². The van der Waals surface area contributed by atoms with Gasteiger partial charge < -0.3 is 24.8 Å². The molecule has 4 heteroatoms. The second-order valence-corrected chi connectivity index (χ2v) is 10.9. The molecule has 0 radical (unpaired) electrons. The number of hydrogen-bond acceptors (Lipinski definition) is 0. The van der Waals surface area contributed by atoms with Gasteiger partial charge in [-0.25, -0.2) is 0 Å². The third-order valence-electron chi connectivity index (χ3n) is 3.94. The van der Waals surface area contributed by atoms with E-state index in [9.17, 15) is 0 Å². The Hall–Kier alpha value is -0.0569. The normalized spacial score (nSPS) is 12.3. The molecule has 21 heavy (non-hydrogen) atoms. The van der Waals surface area contributed by atoms with Crippen LogP contribution in [0.3, 0.4) is 0 Å². The molecule has 0 saturated heterocycles. The number of fused-ring (bicyclic) bond motifs is 1. The van der Waals surface area contributed by atoms with E-state index in [0.717, 1.165) is 8.19 Å². The molecule has 2 aromatic rings. The summed E-state index contributed by atoms with van der Waals surface area (Å²) in [6, 6.07) is 8.74. The Bertz CT molecular complexity index is 803. The zero-order valence-corrected chi connectivity index (χ0v) is 17.3. The average molecular weight is 414 g/mol. The minimum atomic E-state index is -0.687. The van der Waals surface area contributed by atoms with Crippen molar-refractivity contribution in [3.8, 4) is 0 Å². The molecule has 0 amide bonds. The van der Waals surface area contributed by atoms with Crippen molar-refractivity contribution in [1.82, 2.24) is 0 Å². The molecule has 1 aromatic heterocycles. The van der Waals surface area contributed by atoms with E-state index in [1.165, 1.54) is 21.6 Å². The van der Waals surface area contributed by atoms with Gasteiger partial charge in [0.15, 0.2) is 0 Å². The van der Waals surface area contributed by atoms with Gasteiger partial charge in [-0.2, -0.15) is 0 Å². The fraction of sp³-hybridized carbons (Fsp3) is 0.176. The van der Waals surface area contributed by atoms with Crippen LogP contribution in [0.15, 0.2) is 36.4 Å². The SMILES string of the molecule is C=C1C=c2ccccc2=[C]1[Zr+2][c]1[pH]c(C)c(C)c1C.[Cl-].[Cl-]. The molecular formula is C17H17Cl2PZr. The number of halogens is 2. The first-order chi connectivity index (χ1) is 9.08. The van der Waals surface area contributed by atoms with Gasteiger partial charge in [-0.05, 0) is 0 Å². The summed E-state index contributed by atoms with van der Waals surface area (Å²) < 4.78 is 3.35. The summed E-state index contributed by atoms with van der Waals surface area (Å²) in [6.45, 7) is 11.1. The van der Waals surface area contributed by atoms with E-state index in [4.69, 9.17) is 0 Å². The maximum atomic E-state index is 4.27. The number of rotatable bonds is 2. The van der Waals surface area contributed by atoms with Gasteiger partial charge in [0.2, 0.25) is 0 Å². The molecule has 0 N–H and O–H groups in total. The summed E-state index contributed by atoms with van der Waals surface area (Å²) >= 11 is -0.687. The quantitative estimate of drug-likeness (QED) is 0.479. The molecule has 0 saturated carbocycles. The van der Waals surface area contributed by atoms with E-state index in [0.29, 0.717) is 0 Å². The topological polar surface area (TPSA) is 0 Å². The van der Waals surface area contributed by atoms with Crippen molar-refractivity contribution < 1.29 is 48.0 Å². The molecule has 1 unspecified atom stereocenters. The summed E-state index contributed by atoms with van der Waals surface area (Å²) in [5, 5.41) is 4.41. The van der Waals surface area contributed by atoms with Crippen LogP contribution in [0.5, 0.6) is 0 Å². The Kier molecular flexibility index (Phi) is 6.76. The number of aryl methyl sites for hydroxylation is 1. The summed E-state index contributed by atoms with van der Waals surface area (Å²) in [4.78, 5) is 0. The van der Waals surface area contributed by atoms with E-state index < -0.39 is 23.2 Å². The summed E-state index contributed by atoms with van der Waals surface area (Å²) in [6.07, 6.45) is 2.26. The predicted molar refractivity (Wildman–Crippen MR) is 82.5 cm³/mol. The van der Waals surface area contributed by atoms with Gasteiger partial charge in [-0.3, -0.25) is 0 Å². The van der Waals surface area contributed by atoms with Crippen LogP contribution in [0.25, 0.3) is 9.36 Å². The molecule has 1 atom stereocenters. The molecule has 3 rings (SSSR count). The first kappa shape index (κ1) is 19.0. The molecule has 1 aliphatic carbocycles. The first-order valence-corrected chi connectivity index (χ1v) is 9.97. The Morgan fingerprint density at radius 2 is 1.67 bits per heavy atom. The molecule has 0 aliphatic heterocycles.